The van der Waals surface area contributed by atoms with Crippen LogP contribution in [0.3, 0.4) is 0 Å². The molecule has 9 heteroatoms. The van der Waals surface area contributed by atoms with Crippen LogP contribution in [0.1, 0.15) is 90.9 Å². The standard InChI is InChI=1S/C30H47NO3S.C2H2O4/c1-28-11-8-23(35-17-5-16-31-14-3-4-15-31)19-22(28)6-7-26-25(28)9-12-29(2)24(10-13-30(26,29)33)21-18-27(32)34-20-21;3-1(4)2(5)6/h18,22-26,33H,3-17,19-20H2,1-2H3;(H,3,4)(H,5,6)/t22-,23+,24-,25+,26-,28+,29-,30+;/m1./s1. The predicted molar refractivity (Wildman–Crippen MR) is 158 cm³/mol. The van der Waals surface area contributed by atoms with Gasteiger partial charge in [0.1, 0.15) is 6.61 Å². The van der Waals surface area contributed by atoms with Gasteiger partial charge in [-0.15, -0.1) is 0 Å². The van der Waals surface area contributed by atoms with Crippen molar-refractivity contribution in [2.75, 3.05) is 32.0 Å². The number of thioether (sulfide) groups is 1. The summed E-state index contributed by atoms with van der Waals surface area (Å²) in [4.78, 5) is 32.6. The normalized spacial score (nSPS) is 41.8. The maximum absolute atomic E-state index is 12.4. The minimum Gasteiger partial charge on any atom is -0.473 e. The Morgan fingerprint density at radius 2 is 1.73 bits per heavy atom. The SMILES string of the molecule is C[C@]12CC[C@H](SCCCN3CCCC3)C[C@H]1CC[C@@H]1[C@@H]2CC[C@]2(C)[C@@H](C3=CC(=O)OC3)CC[C@]12O.O=C(O)C(=O)O. The number of cyclic esters (lactones) is 1. The molecule has 0 aromatic carbocycles. The lowest BCUT2D eigenvalue weighted by Crippen LogP contribution is -2.62. The van der Waals surface area contributed by atoms with E-state index >= 15 is 0 Å². The highest BCUT2D eigenvalue weighted by Gasteiger charge is 2.67. The third kappa shape index (κ3) is 5.84. The molecule has 0 aromatic heterocycles. The molecule has 1 saturated heterocycles. The Labute approximate surface area is 248 Å². The Morgan fingerprint density at radius 1 is 1.00 bits per heavy atom. The summed E-state index contributed by atoms with van der Waals surface area (Å²) < 4.78 is 5.28. The van der Waals surface area contributed by atoms with Crippen LogP contribution in [0.5, 0.6) is 0 Å². The Bertz CT molecular complexity index is 1030. The van der Waals surface area contributed by atoms with Crippen LogP contribution in [0, 0.1) is 34.5 Å². The van der Waals surface area contributed by atoms with Gasteiger partial charge in [-0.05, 0) is 137 Å². The lowest BCUT2D eigenvalue weighted by atomic mass is 9.43. The molecule has 5 fully saturated rings. The van der Waals surface area contributed by atoms with Crippen LogP contribution in [-0.2, 0) is 19.1 Å². The Balaban J connectivity index is 0.000000511. The van der Waals surface area contributed by atoms with E-state index < -0.39 is 17.5 Å². The van der Waals surface area contributed by atoms with Crippen LogP contribution in [0.2, 0.25) is 0 Å². The van der Waals surface area contributed by atoms with Gasteiger partial charge in [0.2, 0.25) is 0 Å². The molecule has 4 saturated carbocycles. The second kappa shape index (κ2) is 12.2. The number of carboxylic acid groups (broad SMARTS) is 2. The Kier molecular flexibility index (Phi) is 9.18. The summed E-state index contributed by atoms with van der Waals surface area (Å²) in [5.41, 5.74) is 0.854. The molecule has 2 heterocycles. The number of carboxylic acids is 2. The minimum atomic E-state index is -1.82. The fourth-order valence-corrected chi connectivity index (χ4v) is 11.3. The summed E-state index contributed by atoms with van der Waals surface area (Å²) in [7, 11) is 0. The molecular weight excluding hydrogens is 542 g/mol. The van der Waals surface area contributed by atoms with Gasteiger partial charge in [-0.25, -0.2) is 14.4 Å². The van der Waals surface area contributed by atoms with E-state index in [9.17, 15) is 9.90 Å². The van der Waals surface area contributed by atoms with E-state index in [4.69, 9.17) is 24.5 Å². The maximum Gasteiger partial charge on any atom is 0.414 e. The van der Waals surface area contributed by atoms with E-state index in [1.807, 2.05) is 0 Å². The number of esters is 1. The molecule has 6 aliphatic rings. The summed E-state index contributed by atoms with van der Waals surface area (Å²) in [6.45, 7) is 9.35. The van der Waals surface area contributed by atoms with Gasteiger partial charge in [-0.1, -0.05) is 13.8 Å². The van der Waals surface area contributed by atoms with Crippen LogP contribution in [0.15, 0.2) is 11.6 Å². The van der Waals surface area contributed by atoms with E-state index in [0.29, 0.717) is 29.8 Å². The lowest BCUT2D eigenvalue weighted by Gasteiger charge is -2.64. The molecule has 0 unspecified atom stereocenters. The number of carbonyl (C=O) groups is 3. The van der Waals surface area contributed by atoms with Gasteiger partial charge in [0.15, 0.2) is 0 Å². The van der Waals surface area contributed by atoms with E-state index in [1.54, 1.807) is 6.08 Å². The van der Waals surface area contributed by atoms with Gasteiger partial charge in [-0.3, -0.25) is 0 Å². The molecule has 41 heavy (non-hydrogen) atoms. The monoisotopic (exact) mass is 591 g/mol. The first-order valence-electron chi connectivity index (χ1n) is 15.9. The fraction of sp³-hybridized carbons (Fsp3) is 0.844. The summed E-state index contributed by atoms with van der Waals surface area (Å²) in [5.74, 6) is -0.277. The molecule has 8 atom stereocenters. The summed E-state index contributed by atoms with van der Waals surface area (Å²) in [6, 6.07) is 0. The summed E-state index contributed by atoms with van der Waals surface area (Å²) >= 11 is 2.27. The fourth-order valence-electron chi connectivity index (χ4n) is 10.1. The van der Waals surface area contributed by atoms with Gasteiger partial charge in [0, 0.05) is 16.7 Å². The molecule has 4 aliphatic carbocycles. The molecule has 0 bridgehead atoms. The van der Waals surface area contributed by atoms with Gasteiger partial charge in [-0.2, -0.15) is 11.8 Å². The van der Waals surface area contributed by atoms with Crippen LogP contribution in [-0.4, -0.2) is 81.0 Å². The van der Waals surface area contributed by atoms with E-state index in [1.165, 1.54) is 83.2 Å². The first-order valence-corrected chi connectivity index (χ1v) is 16.9. The Hall–Kier alpha value is -1.58. The smallest absolute Gasteiger partial charge is 0.414 e. The van der Waals surface area contributed by atoms with Crippen LogP contribution in [0.25, 0.3) is 0 Å². The van der Waals surface area contributed by atoms with E-state index in [2.05, 4.69) is 30.5 Å². The van der Waals surface area contributed by atoms with E-state index in [-0.39, 0.29) is 11.4 Å². The first kappa shape index (κ1) is 30.9. The van der Waals surface area contributed by atoms with Gasteiger partial charge >= 0.3 is 17.9 Å². The highest BCUT2D eigenvalue weighted by Crippen LogP contribution is 2.70. The zero-order valence-corrected chi connectivity index (χ0v) is 25.6. The molecule has 0 radical (unpaired) electrons. The van der Waals surface area contributed by atoms with Crippen molar-refractivity contribution in [3.63, 3.8) is 0 Å². The van der Waals surface area contributed by atoms with Crippen molar-refractivity contribution in [1.82, 2.24) is 4.90 Å². The van der Waals surface area contributed by atoms with Crippen molar-refractivity contribution in [1.29, 1.82) is 0 Å². The number of aliphatic hydroxyl groups is 1. The largest absolute Gasteiger partial charge is 0.473 e. The first-order chi connectivity index (χ1) is 19.5. The third-order valence-electron chi connectivity index (χ3n) is 12.3. The zero-order chi connectivity index (χ0) is 29.4. The van der Waals surface area contributed by atoms with Crippen molar-refractivity contribution >= 4 is 29.7 Å². The van der Waals surface area contributed by atoms with Gasteiger partial charge in [0.05, 0.1) is 5.60 Å². The summed E-state index contributed by atoms with van der Waals surface area (Å²) in [5, 5.41) is 28.0. The Morgan fingerprint density at radius 3 is 2.39 bits per heavy atom. The average Bonchev–Trinajstić information content (AvgIpc) is 3.66. The number of rotatable bonds is 6. The highest BCUT2D eigenvalue weighted by molar-refractivity contribution is 7.99. The average molecular weight is 592 g/mol. The molecule has 8 nitrogen and oxygen atoms in total. The van der Waals surface area contributed by atoms with Crippen molar-refractivity contribution < 1.29 is 34.4 Å². The molecule has 3 N–H and O–H groups in total. The van der Waals surface area contributed by atoms with Crippen molar-refractivity contribution in [2.24, 2.45) is 34.5 Å². The molecule has 0 amide bonds. The van der Waals surface area contributed by atoms with Gasteiger partial charge in [0.25, 0.3) is 0 Å². The number of likely N-dealkylation sites (tertiary alicyclic amines) is 1. The number of fused-ring (bicyclic) bond motifs is 5. The zero-order valence-electron chi connectivity index (χ0n) is 24.8. The predicted octanol–water partition coefficient (Wildman–Crippen LogP) is 4.99. The molecule has 230 valence electrons. The van der Waals surface area contributed by atoms with Crippen LogP contribution >= 0.6 is 11.8 Å². The highest BCUT2D eigenvalue weighted by atomic mass is 32.2. The van der Waals surface area contributed by atoms with Crippen molar-refractivity contribution in [3.05, 3.63) is 11.6 Å². The number of hydrogen-bond acceptors (Lipinski definition) is 7. The molecule has 6 rings (SSSR count). The summed E-state index contributed by atoms with van der Waals surface area (Å²) in [6.07, 6.45) is 16.8. The topological polar surface area (TPSA) is 124 Å². The molecule has 0 spiro atoms. The van der Waals surface area contributed by atoms with Gasteiger partial charge < -0.3 is 25.0 Å². The number of hydrogen-bond donors (Lipinski definition) is 3. The molecule has 2 aliphatic heterocycles. The number of ether oxygens (including phenoxy) is 1. The number of nitrogens with zero attached hydrogens (tertiary/aromatic N) is 1. The molecular formula is C32H49NO7S. The van der Waals surface area contributed by atoms with E-state index in [0.717, 1.165) is 36.0 Å². The third-order valence-corrected chi connectivity index (χ3v) is 13.7. The van der Waals surface area contributed by atoms with Crippen LogP contribution < -0.4 is 0 Å². The second-order valence-corrected chi connectivity index (χ2v) is 15.5. The van der Waals surface area contributed by atoms with Crippen molar-refractivity contribution in [2.45, 2.75) is 102 Å². The minimum absolute atomic E-state index is 0.112. The second-order valence-electron chi connectivity index (χ2n) is 14.1. The van der Waals surface area contributed by atoms with Crippen LogP contribution in [0.4, 0.5) is 0 Å². The maximum atomic E-state index is 12.4. The number of aliphatic carboxylic acids is 2. The quantitative estimate of drug-likeness (QED) is 0.223. The number of carbonyl (C=O) groups excluding carboxylic acids is 1. The lowest BCUT2D eigenvalue weighted by molar-refractivity contribution is -0.203. The molecule has 0 aromatic rings. The van der Waals surface area contributed by atoms with Crippen molar-refractivity contribution in [3.8, 4) is 0 Å².